The molecular formula is C29H36N2O2S. The summed E-state index contributed by atoms with van der Waals surface area (Å²) in [4.78, 5) is 2.34. The quantitative estimate of drug-likeness (QED) is 0.200. The molecular weight excluding hydrogens is 440 g/mol. The van der Waals surface area contributed by atoms with Gasteiger partial charge >= 0.3 is 0 Å². The van der Waals surface area contributed by atoms with Crippen LogP contribution >= 0.6 is 0 Å². The van der Waals surface area contributed by atoms with Gasteiger partial charge in [0.25, 0.3) is 0 Å². The number of sulfone groups is 1. The Balaban J connectivity index is 1.81. The lowest BCUT2D eigenvalue weighted by Gasteiger charge is -2.23. The highest BCUT2D eigenvalue weighted by Crippen LogP contribution is 2.22. The molecule has 0 aliphatic rings. The summed E-state index contributed by atoms with van der Waals surface area (Å²) < 4.78 is 28.1. The van der Waals surface area contributed by atoms with Gasteiger partial charge in [-0.05, 0) is 36.6 Å². The summed E-state index contributed by atoms with van der Waals surface area (Å²) in [6.45, 7) is 8.17. The number of benzene rings is 2. The van der Waals surface area contributed by atoms with Gasteiger partial charge in [-0.15, -0.1) is 6.58 Å². The molecule has 0 spiro atoms. The Kier molecular flexibility index (Phi) is 9.77. The molecule has 0 amide bonds. The normalized spacial score (nSPS) is 11.7. The average Bonchev–Trinajstić information content (AvgIpc) is 3.27. The van der Waals surface area contributed by atoms with Gasteiger partial charge in [-0.25, -0.2) is 8.42 Å². The maximum atomic E-state index is 13.1. The lowest BCUT2D eigenvalue weighted by molar-refractivity contribution is 0.573. The number of hydrogen-bond donors (Lipinski definition) is 0. The Labute approximate surface area is 205 Å². The van der Waals surface area contributed by atoms with E-state index < -0.39 is 9.84 Å². The molecule has 0 fully saturated rings. The van der Waals surface area contributed by atoms with Gasteiger partial charge in [0, 0.05) is 37.1 Å². The number of para-hydroxylation sites is 1. The molecule has 0 atom stereocenters. The summed E-state index contributed by atoms with van der Waals surface area (Å²) in [7, 11) is -3.47. The van der Waals surface area contributed by atoms with E-state index in [0.717, 1.165) is 31.5 Å². The second-order valence-corrected chi connectivity index (χ2v) is 10.4. The maximum Gasteiger partial charge on any atom is 0.197 e. The first kappa shape index (κ1) is 25.6. The van der Waals surface area contributed by atoms with Crippen LogP contribution in [0.15, 0.2) is 96.7 Å². The fourth-order valence-corrected chi connectivity index (χ4v) is 5.56. The molecule has 4 nitrogen and oxygen atoms in total. The molecule has 0 aliphatic heterocycles. The average molecular weight is 477 g/mol. The molecule has 1 heterocycles. The number of nitrogens with zero attached hydrogens (tertiary/aromatic N) is 2. The monoisotopic (exact) mass is 476 g/mol. The van der Waals surface area contributed by atoms with Crippen molar-refractivity contribution in [2.45, 2.75) is 44.2 Å². The molecule has 0 saturated heterocycles. The van der Waals surface area contributed by atoms with Gasteiger partial charge in [0.1, 0.15) is 5.03 Å². The van der Waals surface area contributed by atoms with Crippen LogP contribution in [0, 0.1) is 0 Å². The Morgan fingerprint density at radius 3 is 2.35 bits per heavy atom. The minimum Gasteiger partial charge on any atom is -0.368 e. The highest BCUT2D eigenvalue weighted by atomic mass is 32.2. The van der Waals surface area contributed by atoms with Crippen molar-refractivity contribution in [1.82, 2.24) is 4.57 Å². The number of anilines is 1. The van der Waals surface area contributed by atoms with Gasteiger partial charge in [-0.2, -0.15) is 0 Å². The SMILES string of the molecule is C=CCS(=O)(=O)c1c(C=CCN(CCCCC)c2ccccc2)ccn1CCc1ccccc1. The molecule has 0 bridgehead atoms. The standard InChI is InChI=1S/C29H36N2O2S/c1-3-5-12-21-30(28-17-10-7-11-18-28)22-13-16-27-20-24-31(29(27)34(32,33)25-4-2)23-19-26-14-8-6-9-15-26/h4,6-11,13-18,20,24H,2-3,5,12,19,21-23,25H2,1H3. The highest BCUT2D eigenvalue weighted by molar-refractivity contribution is 7.91. The second-order valence-electron chi connectivity index (χ2n) is 8.47. The van der Waals surface area contributed by atoms with Crippen molar-refractivity contribution in [3.05, 3.63) is 103 Å². The van der Waals surface area contributed by atoms with E-state index in [-0.39, 0.29) is 5.75 Å². The third-order valence-electron chi connectivity index (χ3n) is 5.83. The van der Waals surface area contributed by atoms with Crippen LogP contribution < -0.4 is 4.90 Å². The zero-order valence-electron chi connectivity index (χ0n) is 20.1. The Morgan fingerprint density at radius 2 is 1.68 bits per heavy atom. The summed E-state index contributed by atoms with van der Waals surface area (Å²) in [6.07, 6.45) is 11.6. The minimum atomic E-state index is -3.47. The van der Waals surface area contributed by atoms with Crippen LogP contribution in [-0.2, 0) is 22.8 Å². The Morgan fingerprint density at radius 1 is 0.971 bits per heavy atom. The number of hydrogen-bond acceptors (Lipinski definition) is 3. The van der Waals surface area contributed by atoms with E-state index in [9.17, 15) is 8.42 Å². The van der Waals surface area contributed by atoms with E-state index in [1.165, 1.54) is 30.2 Å². The van der Waals surface area contributed by atoms with Gasteiger partial charge in [0.05, 0.1) is 5.75 Å². The van der Waals surface area contributed by atoms with Crippen LogP contribution in [-0.4, -0.2) is 31.8 Å². The summed E-state index contributed by atoms with van der Waals surface area (Å²) in [6, 6.07) is 22.4. The van der Waals surface area contributed by atoms with E-state index in [1.807, 2.05) is 47.2 Å². The molecule has 3 rings (SSSR count). The fraction of sp³-hybridized carbons (Fsp3) is 0.310. The number of unbranched alkanes of at least 4 members (excludes halogenated alkanes) is 2. The second kappa shape index (κ2) is 13.0. The molecule has 34 heavy (non-hydrogen) atoms. The molecule has 0 radical (unpaired) electrons. The van der Waals surface area contributed by atoms with E-state index >= 15 is 0 Å². The van der Waals surface area contributed by atoms with Crippen molar-refractivity contribution in [2.24, 2.45) is 0 Å². The van der Waals surface area contributed by atoms with Gasteiger partial charge < -0.3 is 9.47 Å². The van der Waals surface area contributed by atoms with E-state index in [1.54, 1.807) is 0 Å². The molecule has 0 unspecified atom stereocenters. The largest absolute Gasteiger partial charge is 0.368 e. The third-order valence-corrected chi connectivity index (χ3v) is 7.57. The number of rotatable bonds is 14. The molecule has 1 aromatic heterocycles. The molecule has 2 aromatic carbocycles. The third kappa shape index (κ3) is 7.22. The number of aryl methyl sites for hydroxylation is 2. The zero-order valence-corrected chi connectivity index (χ0v) is 21.0. The van der Waals surface area contributed by atoms with Gasteiger partial charge in [-0.3, -0.25) is 0 Å². The minimum absolute atomic E-state index is 0.0731. The van der Waals surface area contributed by atoms with Crippen LogP contribution in [0.2, 0.25) is 0 Å². The first-order valence-corrected chi connectivity index (χ1v) is 13.7. The smallest absolute Gasteiger partial charge is 0.197 e. The maximum absolute atomic E-state index is 13.1. The first-order valence-electron chi connectivity index (χ1n) is 12.1. The van der Waals surface area contributed by atoms with Crippen LogP contribution in [0.1, 0.15) is 37.3 Å². The fourth-order valence-electron chi connectivity index (χ4n) is 4.09. The predicted octanol–water partition coefficient (Wildman–Crippen LogP) is 6.40. The van der Waals surface area contributed by atoms with Crippen LogP contribution in [0.3, 0.4) is 0 Å². The van der Waals surface area contributed by atoms with Gasteiger partial charge in [-0.1, -0.05) is 86.5 Å². The Hall–Kier alpha value is -3.05. The molecule has 0 aliphatic carbocycles. The molecule has 180 valence electrons. The van der Waals surface area contributed by atoms with E-state index in [0.29, 0.717) is 11.6 Å². The van der Waals surface area contributed by atoms with Crippen molar-refractivity contribution in [2.75, 3.05) is 23.7 Å². The van der Waals surface area contributed by atoms with Crippen molar-refractivity contribution < 1.29 is 8.42 Å². The first-order chi connectivity index (χ1) is 16.5. The van der Waals surface area contributed by atoms with E-state index in [2.05, 4.69) is 60.9 Å². The van der Waals surface area contributed by atoms with Crippen LogP contribution in [0.4, 0.5) is 5.69 Å². The van der Waals surface area contributed by atoms with Crippen molar-refractivity contribution in [3.63, 3.8) is 0 Å². The van der Waals surface area contributed by atoms with Crippen molar-refractivity contribution >= 4 is 21.6 Å². The molecule has 0 saturated carbocycles. The highest BCUT2D eigenvalue weighted by Gasteiger charge is 2.21. The lowest BCUT2D eigenvalue weighted by Crippen LogP contribution is -2.24. The lowest BCUT2D eigenvalue weighted by atomic mass is 10.1. The molecule has 3 aromatic rings. The van der Waals surface area contributed by atoms with Crippen molar-refractivity contribution in [3.8, 4) is 0 Å². The zero-order chi connectivity index (χ0) is 24.2. The summed E-state index contributed by atoms with van der Waals surface area (Å²) >= 11 is 0. The van der Waals surface area contributed by atoms with Crippen molar-refractivity contribution in [1.29, 1.82) is 0 Å². The summed E-state index contributed by atoms with van der Waals surface area (Å²) in [5.41, 5.74) is 3.10. The summed E-state index contributed by atoms with van der Waals surface area (Å²) in [5.74, 6) is -0.0731. The van der Waals surface area contributed by atoms with Crippen LogP contribution in [0.25, 0.3) is 6.08 Å². The predicted molar refractivity (Wildman–Crippen MR) is 144 cm³/mol. The van der Waals surface area contributed by atoms with Crippen LogP contribution in [0.5, 0.6) is 0 Å². The Bertz CT molecular complexity index is 1150. The number of aromatic nitrogens is 1. The van der Waals surface area contributed by atoms with Gasteiger partial charge in [0.2, 0.25) is 0 Å². The summed E-state index contributed by atoms with van der Waals surface area (Å²) in [5, 5.41) is 0.372. The molecule has 0 N–H and O–H groups in total. The molecule has 5 heteroatoms. The van der Waals surface area contributed by atoms with Gasteiger partial charge in [0.15, 0.2) is 9.84 Å². The van der Waals surface area contributed by atoms with E-state index in [4.69, 9.17) is 0 Å². The topological polar surface area (TPSA) is 42.3 Å².